The zero-order valence-electron chi connectivity index (χ0n) is 13.8. The van der Waals surface area contributed by atoms with Gasteiger partial charge in [0.25, 0.3) is 0 Å². The Kier molecular flexibility index (Phi) is 10.1. The molecule has 0 aliphatic heterocycles. The fourth-order valence-corrected chi connectivity index (χ4v) is 2.75. The molecule has 0 spiro atoms. The van der Waals surface area contributed by atoms with Crippen LogP contribution in [-0.2, 0) is 6.54 Å². The Morgan fingerprint density at radius 3 is 2.48 bits per heavy atom. The van der Waals surface area contributed by atoms with Gasteiger partial charge in [0.2, 0.25) is 0 Å². The van der Waals surface area contributed by atoms with Crippen LogP contribution in [0.1, 0.15) is 51.2 Å². The average Bonchev–Trinajstić information content (AvgIpc) is 2.99. The Hall–Kier alpha value is -0.960. The summed E-state index contributed by atoms with van der Waals surface area (Å²) in [6, 6.07) is 11.8. The smallest absolute Gasteiger partial charge is 0.135 e. The van der Waals surface area contributed by atoms with Crippen LogP contribution in [0.2, 0.25) is 5.02 Å². The van der Waals surface area contributed by atoms with Gasteiger partial charge >= 0.3 is 0 Å². The molecule has 0 radical (unpaired) electrons. The van der Waals surface area contributed by atoms with Crippen LogP contribution in [0.25, 0.3) is 11.3 Å². The molecule has 0 atom stereocenters. The SMILES string of the molecule is CCCCCCCCNCc1ccc(-c2ccccc2Cl)o1.Cl. The van der Waals surface area contributed by atoms with Crippen LogP contribution in [0.3, 0.4) is 0 Å². The Bertz CT molecular complexity index is 554. The highest BCUT2D eigenvalue weighted by atomic mass is 35.5. The molecule has 2 rings (SSSR count). The van der Waals surface area contributed by atoms with Gasteiger partial charge in [-0.15, -0.1) is 12.4 Å². The molecule has 0 bridgehead atoms. The van der Waals surface area contributed by atoms with Crippen molar-refractivity contribution in [3.8, 4) is 11.3 Å². The molecule has 128 valence electrons. The molecule has 2 aromatic rings. The maximum Gasteiger partial charge on any atom is 0.135 e. The summed E-state index contributed by atoms with van der Waals surface area (Å²) in [7, 11) is 0. The number of unbranched alkanes of at least 4 members (excludes halogenated alkanes) is 5. The number of furan rings is 1. The van der Waals surface area contributed by atoms with Gasteiger partial charge in [0.1, 0.15) is 11.5 Å². The lowest BCUT2D eigenvalue weighted by Crippen LogP contribution is -2.14. The molecule has 1 heterocycles. The van der Waals surface area contributed by atoms with Crippen molar-refractivity contribution in [1.82, 2.24) is 5.32 Å². The van der Waals surface area contributed by atoms with Crippen LogP contribution in [-0.4, -0.2) is 6.54 Å². The van der Waals surface area contributed by atoms with Gasteiger partial charge in [-0.25, -0.2) is 0 Å². The highest BCUT2D eigenvalue weighted by Crippen LogP contribution is 2.28. The number of halogens is 2. The Morgan fingerprint density at radius 2 is 1.70 bits per heavy atom. The molecule has 1 aromatic heterocycles. The van der Waals surface area contributed by atoms with Gasteiger partial charge in [0.05, 0.1) is 11.6 Å². The molecular weight excluding hydrogens is 329 g/mol. The Balaban J connectivity index is 0.00000264. The first-order valence-electron chi connectivity index (χ1n) is 8.35. The predicted molar refractivity (Wildman–Crippen MR) is 101 cm³/mol. The van der Waals surface area contributed by atoms with Crippen LogP contribution in [0.5, 0.6) is 0 Å². The van der Waals surface area contributed by atoms with Gasteiger partial charge in [0.15, 0.2) is 0 Å². The van der Waals surface area contributed by atoms with E-state index >= 15 is 0 Å². The van der Waals surface area contributed by atoms with Crippen molar-refractivity contribution in [1.29, 1.82) is 0 Å². The summed E-state index contributed by atoms with van der Waals surface area (Å²) >= 11 is 6.19. The minimum atomic E-state index is 0. The summed E-state index contributed by atoms with van der Waals surface area (Å²) in [4.78, 5) is 0. The van der Waals surface area contributed by atoms with E-state index < -0.39 is 0 Å². The molecule has 1 N–H and O–H groups in total. The highest BCUT2D eigenvalue weighted by molar-refractivity contribution is 6.33. The van der Waals surface area contributed by atoms with E-state index in [9.17, 15) is 0 Å². The molecule has 4 heteroatoms. The molecule has 0 saturated carbocycles. The molecular formula is C19H27Cl2NO. The minimum absolute atomic E-state index is 0. The van der Waals surface area contributed by atoms with Gasteiger partial charge < -0.3 is 9.73 Å². The minimum Gasteiger partial charge on any atom is -0.460 e. The van der Waals surface area contributed by atoms with E-state index in [0.717, 1.165) is 35.2 Å². The largest absolute Gasteiger partial charge is 0.460 e. The maximum atomic E-state index is 6.19. The van der Waals surface area contributed by atoms with E-state index in [1.165, 1.54) is 38.5 Å². The second-order valence-corrected chi connectivity index (χ2v) is 6.10. The number of benzene rings is 1. The first-order valence-corrected chi connectivity index (χ1v) is 8.73. The molecule has 1 aromatic carbocycles. The third kappa shape index (κ3) is 6.99. The van der Waals surface area contributed by atoms with Crippen molar-refractivity contribution < 1.29 is 4.42 Å². The average molecular weight is 356 g/mol. The topological polar surface area (TPSA) is 25.2 Å². The van der Waals surface area contributed by atoms with E-state index in [-0.39, 0.29) is 12.4 Å². The van der Waals surface area contributed by atoms with E-state index in [1.807, 2.05) is 36.4 Å². The van der Waals surface area contributed by atoms with Crippen LogP contribution in [0.4, 0.5) is 0 Å². The van der Waals surface area contributed by atoms with Crippen LogP contribution >= 0.6 is 24.0 Å². The summed E-state index contributed by atoms with van der Waals surface area (Å²) < 4.78 is 5.86. The number of hydrogen-bond donors (Lipinski definition) is 1. The lowest BCUT2D eigenvalue weighted by molar-refractivity contribution is 0.485. The summed E-state index contributed by atoms with van der Waals surface area (Å²) in [6.07, 6.45) is 7.95. The Morgan fingerprint density at radius 1 is 0.957 bits per heavy atom. The molecule has 23 heavy (non-hydrogen) atoms. The predicted octanol–water partition coefficient (Wildman–Crippen LogP) is 6.47. The van der Waals surface area contributed by atoms with Gasteiger partial charge in [-0.3, -0.25) is 0 Å². The summed E-state index contributed by atoms with van der Waals surface area (Å²) in [5, 5.41) is 4.17. The quantitative estimate of drug-likeness (QED) is 0.493. The van der Waals surface area contributed by atoms with Crippen molar-refractivity contribution in [2.75, 3.05) is 6.54 Å². The second-order valence-electron chi connectivity index (χ2n) is 5.69. The van der Waals surface area contributed by atoms with Crippen molar-refractivity contribution in [2.45, 2.75) is 52.0 Å². The zero-order chi connectivity index (χ0) is 15.6. The molecule has 0 fully saturated rings. The van der Waals surface area contributed by atoms with Crippen molar-refractivity contribution in [3.63, 3.8) is 0 Å². The summed E-state index contributed by atoms with van der Waals surface area (Å²) in [6.45, 7) is 4.08. The molecule has 0 amide bonds. The van der Waals surface area contributed by atoms with Gasteiger partial charge in [-0.2, -0.15) is 0 Å². The van der Waals surface area contributed by atoms with Crippen LogP contribution in [0.15, 0.2) is 40.8 Å². The Labute approximate surface area is 151 Å². The lowest BCUT2D eigenvalue weighted by Gasteiger charge is -2.03. The molecule has 2 nitrogen and oxygen atoms in total. The first kappa shape index (κ1) is 20.1. The highest BCUT2D eigenvalue weighted by Gasteiger charge is 2.07. The number of hydrogen-bond acceptors (Lipinski definition) is 2. The normalized spacial score (nSPS) is 10.5. The third-order valence-electron chi connectivity index (χ3n) is 3.81. The van der Waals surface area contributed by atoms with Crippen LogP contribution in [0, 0.1) is 0 Å². The third-order valence-corrected chi connectivity index (χ3v) is 4.14. The zero-order valence-corrected chi connectivity index (χ0v) is 15.4. The lowest BCUT2D eigenvalue weighted by atomic mass is 10.1. The van der Waals surface area contributed by atoms with E-state index in [2.05, 4.69) is 12.2 Å². The van der Waals surface area contributed by atoms with Gasteiger partial charge in [-0.05, 0) is 37.2 Å². The molecule has 0 unspecified atom stereocenters. The number of rotatable bonds is 10. The maximum absolute atomic E-state index is 6.19. The number of nitrogens with one attached hydrogen (secondary N) is 1. The second kappa shape index (κ2) is 11.6. The van der Waals surface area contributed by atoms with E-state index in [0.29, 0.717) is 0 Å². The van der Waals surface area contributed by atoms with Crippen LogP contribution < -0.4 is 5.32 Å². The fraction of sp³-hybridized carbons (Fsp3) is 0.474. The standard InChI is InChI=1S/C19H26ClNO.ClH/c1-2-3-4-5-6-9-14-21-15-16-12-13-19(22-16)17-10-7-8-11-18(17)20;/h7-8,10-13,21H,2-6,9,14-15H2,1H3;1H. The van der Waals surface area contributed by atoms with E-state index in [4.69, 9.17) is 16.0 Å². The molecule has 0 aliphatic carbocycles. The monoisotopic (exact) mass is 355 g/mol. The fourth-order valence-electron chi connectivity index (χ4n) is 2.52. The van der Waals surface area contributed by atoms with Gasteiger partial charge in [0, 0.05) is 5.56 Å². The molecule has 0 saturated heterocycles. The molecule has 0 aliphatic rings. The van der Waals surface area contributed by atoms with Crippen molar-refractivity contribution >= 4 is 24.0 Å². The summed E-state index contributed by atoms with van der Waals surface area (Å²) in [5.41, 5.74) is 0.950. The van der Waals surface area contributed by atoms with Gasteiger partial charge in [-0.1, -0.05) is 62.8 Å². The van der Waals surface area contributed by atoms with Crippen molar-refractivity contribution in [3.05, 3.63) is 47.2 Å². The van der Waals surface area contributed by atoms with E-state index in [1.54, 1.807) is 0 Å². The van der Waals surface area contributed by atoms with Crippen molar-refractivity contribution in [2.24, 2.45) is 0 Å². The summed E-state index contributed by atoms with van der Waals surface area (Å²) in [5.74, 6) is 1.79. The first-order chi connectivity index (χ1) is 10.8.